The molecular weight excluding hydrogens is 861 g/mol. The molecule has 5 heterocycles. The number of Topliss-reactive ketones (excluding diaryl/α,β-unsaturated/α-hetero) is 1. The summed E-state index contributed by atoms with van der Waals surface area (Å²) in [5, 5.41) is 20.3. The van der Waals surface area contributed by atoms with Crippen LogP contribution in [0.5, 0.6) is 0 Å². The molecule has 0 aliphatic rings. The number of hydrazine groups is 1. The van der Waals surface area contributed by atoms with Gasteiger partial charge >= 0.3 is 49.1 Å². The number of pyridine rings is 3. The van der Waals surface area contributed by atoms with Crippen LogP contribution < -0.4 is 30.1 Å². The molecular formula is C38H43F6LiN10O9. The van der Waals surface area contributed by atoms with Gasteiger partial charge in [0.15, 0.2) is 28.7 Å². The molecule has 342 valence electrons. The van der Waals surface area contributed by atoms with Gasteiger partial charge in [0.25, 0.3) is 0 Å². The van der Waals surface area contributed by atoms with Gasteiger partial charge in [-0.25, -0.2) is 44.5 Å². The van der Waals surface area contributed by atoms with Gasteiger partial charge in [-0.15, -0.1) is 0 Å². The minimum Gasteiger partial charge on any atom is -0.870 e. The van der Waals surface area contributed by atoms with Crippen LogP contribution in [-0.2, 0) is 36.3 Å². The second-order valence-electron chi connectivity index (χ2n) is 12.2. The normalized spacial score (nSPS) is 10.7. The number of halogens is 6. The number of carbonyl (C=O) groups excluding carboxylic acids is 3. The number of nitrogens with one attached hydrogen (secondary N) is 1. The van der Waals surface area contributed by atoms with E-state index < -0.39 is 41.4 Å². The van der Waals surface area contributed by atoms with Crippen molar-refractivity contribution in [2.75, 3.05) is 25.7 Å². The molecule has 5 aromatic heterocycles. The summed E-state index contributed by atoms with van der Waals surface area (Å²) in [5.74, 6) is 3.29. The minimum absolute atomic E-state index is 0. The Morgan fingerprint density at radius 2 is 1.25 bits per heavy atom. The molecule has 0 saturated heterocycles. The topological polar surface area (TPSA) is 271 Å². The Morgan fingerprint density at radius 3 is 1.61 bits per heavy atom. The zero-order chi connectivity index (χ0) is 46.8. The number of aryl methyl sites for hydroxylation is 3. The third-order valence-corrected chi connectivity index (χ3v) is 7.14. The number of ketones is 1. The summed E-state index contributed by atoms with van der Waals surface area (Å²) in [6.07, 6.45) is -5.92. The van der Waals surface area contributed by atoms with Crippen LogP contribution in [-0.4, -0.2) is 94.8 Å². The number of hydrogen-bond acceptors (Lipinski definition) is 16. The average molecular weight is 905 g/mol. The SMILES string of the molecule is CCOC(=O)C(CC(C)=O)=NOC.CCOC(=O)c1cc(C)nn1-c1ccc(C(F)(F)F)cn1.Cc1cc(C(=O)O)n(-c2ccc(C(F)(F)F)cn2)n1.Cc1ccc(NN)nc1.[Li+].[OH-]. The molecule has 26 heteroatoms. The Bertz CT molecular complexity index is 2290. The molecule has 0 unspecified atom stereocenters. The van der Waals surface area contributed by atoms with Gasteiger partial charge in [-0.05, 0) is 89.6 Å². The van der Waals surface area contributed by atoms with E-state index in [1.807, 2.05) is 19.1 Å². The van der Waals surface area contributed by atoms with Crippen molar-refractivity contribution >= 4 is 35.2 Å². The Morgan fingerprint density at radius 1 is 0.766 bits per heavy atom. The largest absolute Gasteiger partial charge is 1.00 e. The van der Waals surface area contributed by atoms with E-state index in [4.69, 9.17) is 15.7 Å². The van der Waals surface area contributed by atoms with Crippen LogP contribution >= 0.6 is 0 Å². The van der Waals surface area contributed by atoms with E-state index in [1.165, 1.54) is 26.2 Å². The zero-order valence-corrected chi connectivity index (χ0v) is 35.6. The molecule has 0 radical (unpaired) electrons. The molecule has 64 heavy (non-hydrogen) atoms. The fourth-order valence-corrected chi connectivity index (χ4v) is 4.46. The number of aromatic nitrogens is 7. The number of anilines is 1. The van der Waals surface area contributed by atoms with Gasteiger partial charge in [-0.2, -0.15) is 36.5 Å². The second kappa shape index (κ2) is 26.7. The molecule has 19 nitrogen and oxygen atoms in total. The van der Waals surface area contributed by atoms with E-state index in [9.17, 15) is 45.5 Å². The Kier molecular flexibility index (Phi) is 23.9. The monoisotopic (exact) mass is 904 g/mol. The summed E-state index contributed by atoms with van der Waals surface area (Å²) >= 11 is 0. The van der Waals surface area contributed by atoms with Crippen molar-refractivity contribution in [3.05, 3.63) is 107 Å². The van der Waals surface area contributed by atoms with E-state index in [2.05, 4.69) is 45.3 Å². The number of carbonyl (C=O) groups is 4. The number of nitrogens with zero attached hydrogens (tertiary/aromatic N) is 8. The quantitative estimate of drug-likeness (QED) is 0.0429. The van der Waals surface area contributed by atoms with Crippen LogP contribution in [0.1, 0.15) is 76.2 Å². The van der Waals surface area contributed by atoms with Crippen LogP contribution in [0, 0.1) is 20.8 Å². The van der Waals surface area contributed by atoms with Gasteiger partial charge in [-0.3, -0.25) is 4.79 Å². The number of alkyl halides is 6. The molecule has 0 aliphatic heterocycles. The maximum atomic E-state index is 12.5. The number of esters is 2. The first-order valence-corrected chi connectivity index (χ1v) is 17.8. The summed E-state index contributed by atoms with van der Waals surface area (Å²) in [5.41, 5.74) is 2.71. The standard InChI is InChI=1S/C13H12F3N3O2.C11H8F3N3O2.C8H13NO4.C6H9N3.Li.H2O/c1-3-21-12(20)10-6-8(2)18-19(10)11-5-4-9(7-17-11)13(14,15)16;1-6-4-8(10(18)19)17(16-6)9-3-2-7(5-15-9)11(12,13)14;1-4-13-8(11)7(9-12-3)5-6(2)10;1-5-2-3-6(9-7)8-4-5;;/h4-7H,3H2,1-2H3;2-5H,1H3,(H,18,19);4-5H2,1-3H3;2-4H,7H2,1H3,(H,8,9);;1H2/q;;;;+1;/p-1. The number of carboxylic acids is 1. The van der Waals surface area contributed by atoms with Crippen molar-refractivity contribution in [2.24, 2.45) is 11.0 Å². The zero-order valence-electron chi connectivity index (χ0n) is 35.6. The molecule has 5 aromatic rings. The molecule has 5 N–H and O–H groups in total. The van der Waals surface area contributed by atoms with Crippen molar-refractivity contribution in [3.8, 4) is 11.6 Å². The molecule has 0 saturated carbocycles. The van der Waals surface area contributed by atoms with E-state index in [0.717, 1.165) is 39.2 Å². The number of carboxylic acid groups (broad SMARTS) is 1. The molecule has 0 bridgehead atoms. The van der Waals surface area contributed by atoms with Crippen molar-refractivity contribution < 1.29 is 89.3 Å². The summed E-state index contributed by atoms with van der Waals surface area (Å²) in [6, 6.07) is 10.5. The first kappa shape index (κ1) is 57.3. The van der Waals surface area contributed by atoms with Gasteiger partial charge in [0.1, 0.15) is 18.7 Å². The summed E-state index contributed by atoms with van der Waals surface area (Å²) in [7, 11) is 1.30. The van der Waals surface area contributed by atoms with E-state index in [-0.39, 0.29) is 78.5 Å². The maximum Gasteiger partial charge on any atom is 1.00 e. The fourth-order valence-electron chi connectivity index (χ4n) is 4.46. The summed E-state index contributed by atoms with van der Waals surface area (Å²) < 4.78 is 86.3. The van der Waals surface area contributed by atoms with Gasteiger partial charge in [-0.1, -0.05) is 11.2 Å². The second-order valence-corrected chi connectivity index (χ2v) is 12.2. The van der Waals surface area contributed by atoms with Crippen LogP contribution in [0.3, 0.4) is 0 Å². The number of oxime groups is 1. The van der Waals surface area contributed by atoms with E-state index in [1.54, 1.807) is 33.9 Å². The minimum atomic E-state index is -4.48. The van der Waals surface area contributed by atoms with E-state index in [0.29, 0.717) is 29.6 Å². The molecule has 0 spiro atoms. The fraction of sp³-hybridized carbons (Fsp3) is 0.316. The molecule has 0 amide bonds. The first-order chi connectivity index (χ1) is 29.0. The third-order valence-electron chi connectivity index (χ3n) is 7.14. The predicted octanol–water partition coefficient (Wildman–Crippen LogP) is 3.10. The van der Waals surface area contributed by atoms with Crippen LogP contribution in [0.2, 0.25) is 0 Å². The Hall–Kier alpha value is -6.68. The molecule has 0 aromatic carbocycles. The van der Waals surface area contributed by atoms with Gasteiger partial charge in [0.2, 0.25) is 0 Å². The molecule has 5 rings (SSSR count). The maximum absolute atomic E-state index is 12.5. The van der Waals surface area contributed by atoms with E-state index >= 15 is 0 Å². The molecule has 0 atom stereocenters. The number of ether oxygens (including phenoxy) is 2. The van der Waals surface area contributed by atoms with Crippen molar-refractivity contribution in [2.45, 2.75) is 60.3 Å². The van der Waals surface area contributed by atoms with Crippen molar-refractivity contribution in [1.82, 2.24) is 34.5 Å². The number of nitrogens with two attached hydrogens (primary N) is 1. The third kappa shape index (κ3) is 18.3. The number of nitrogen functional groups attached to an aromatic ring is 1. The van der Waals surface area contributed by atoms with Gasteiger partial charge in [0.05, 0.1) is 42.1 Å². The van der Waals surface area contributed by atoms with Gasteiger partial charge < -0.3 is 30.3 Å². The number of rotatable bonds is 11. The van der Waals surface area contributed by atoms with Crippen LogP contribution in [0.4, 0.5) is 32.2 Å². The number of aromatic carboxylic acids is 1. The molecule has 0 aliphatic carbocycles. The smallest absolute Gasteiger partial charge is 0.870 e. The average Bonchev–Trinajstić information content (AvgIpc) is 3.81. The Labute approximate surface area is 373 Å². The molecule has 0 fully saturated rings. The van der Waals surface area contributed by atoms with Crippen molar-refractivity contribution in [1.29, 1.82) is 0 Å². The number of hydrogen-bond donors (Lipinski definition) is 3. The van der Waals surface area contributed by atoms with Crippen LogP contribution in [0.25, 0.3) is 11.6 Å². The van der Waals surface area contributed by atoms with Crippen LogP contribution in [0.15, 0.2) is 72.3 Å². The van der Waals surface area contributed by atoms with Crippen molar-refractivity contribution in [3.63, 3.8) is 0 Å². The summed E-state index contributed by atoms with van der Waals surface area (Å²) in [4.78, 5) is 60.2. The Balaban J connectivity index is 0.000000854. The first-order valence-electron chi connectivity index (χ1n) is 17.8. The summed E-state index contributed by atoms with van der Waals surface area (Å²) in [6.45, 7) is 10.3. The predicted molar refractivity (Wildman–Crippen MR) is 210 cm³/mol. The van der Waals surface area contributed by atoms with Gasteiger partial charge in [0, 0.05) is 18.6 Å².